The smallest absolute Gasteiger partial charge is 0.166 e. The van der Waals surface area contributed by atoms with E-state index >= 15 is 0 Å². The van der Waals surface area contributed by atoms with Crippen molar-refractivity contribution in [2.45, 2.75) is 12.4 Å². The van der Waals surface area contributed by atoms with Gasteiger partial charge in [-0.25, -0.2) is 0 Å². The maximum absolute atomic E-state index is 12.7. The summed E-state index contributed by atoms with van der Waals surface area (Å²) < 4.78 is 76.3. The predicted octanol–water partition coefficient (Wildman–Crippen LogP) is 5.05. The van der Waals surface area contributed by atoms with Crippen LogP contribution in [-0.4, -0.2) is 6.54 Å². The van der Waals surface area contributed by atoms with E-state index in [1.165, 1.54) is 0 Å². The van der Waals surface area contributed by atoms with Crippen LogP contribution in [0.25, 0.3) is 16.5 Å². The SMILES string of the molecule is [N-]=[N+]=NCC=Cc1c(C(F)(F)F)cccc1C(F)(F)F. The van der Waals surface area contributed by atoms with Crippen LogP contribution in [0.4, 0.5) is 26.3 Å². The molecular formula is C11H7F6N3. The number of hydrogen-bond donors (Lipinski definition) is 0. The third-order valence-corrected chi connectivity index (χ3v) is 2.25. The van der Waals surface area contributed by atoms with Gasteiger partial charge >= 0.3 is 12.4 Å². The number of nitrogens with zero attached hydrogens (tertiary/aromatic N) is 3. The fourth-order valence-corrected chi connectivity index (χ4v) is 1.49. The molecule has 0 saturated carbocycles. The molecule has 0 spiro atoms. The molecule has 0 fully saturated rings. The standard InChI is InChI=1S/C11H7F6N3/c12-10(13,14)8-4-1-5-9(11(15,16)17)7(8)3-2-6-19-20-18/h1-5H,6H2. The molecular weight excluding hydrogens is 288 g/mol. The molecule has 3 nitrogen and oxygen atoms in total. The number of azide groups is 1. The summed E-state index contributed by atoms with van der Waals surface area (Å²) in [4.78, 5) is 2.34. The van der Waals surface area contributed by atoms with Gasteiger partial charge in [0.2, 0.25) is 0 Å². The first-order valence-corrected chi connectivity index (χ1v) is 5.12. The highest BCUT2D eigenvalue weighted by molar-refractivity contribution is 5.60. The Bertz CT molecular complexity index is 520. The average molecular weight is 295 g/mol. The van der Waals surface area contributed by atoms with Crippen LogP contribution in [-0.2, 0) is 12.4 Å². The summed E-state index contributed by atoms with van der Waals surface area (Å²) >= 11 is 0. The lowest BCUT2D eigenvalue weighted by Crippen LogP contribution is -2.14. The zero-order valence-electron chi connectivity index (χ0n) is 9.70. The molecule has 0 aliphatic rings. The summed E-state index contributed by atoms with van der Waals surface area (Å²) in [5.74, 6) is 0. The zero-order chi connectivity index (χ0) is 15.4. The van der Waals surface area contributed by atoms with E-state index in [1.807, 2.05) is 0 Å². The number of halogens is 6. The van der Waals surface area contributed by atoms with Gasteiger partial charge in [-0.1, -0.05) is 23.3 Å². The first-order valence-electron chi connectivity index (χ1n) is 5.12. The summed E-state index contributed by atoms with van der Waals surface area (Å²) in [6.45, 7) is -0.347. The summed E-state index contributed by atoms with van der Waals surface area (Å²) in [5, 5.41) is 3.00. The molecule has 20 heavy (non-hydrogen) atoms. The lowest BCUT2D eigenvalue weighted by Gasteiger charge is -2.16. The Morgan fingerprint density at radius 2 is 1.55 bits per heavy atom. The van der Waals surface area contributed by atoms with Crippen LogP contribution in [0.2, 0.25) is 0 Å². The molecule has 0 radical (unpaired) electrons. The minimum Gasteiger partial charge on any atom is -0.166 e. The van der Waals surface area contributed by atoms with Crippen LogP contribution in [0.15, 0.2) is 29.4 Å². The largest absolute Gasteiger partial charge is 0.417 e. The number of rotatable bonds is 3. The Morgan fingerprint density at radius 3 is 1.95 bits per heavy atom. The quantitative estimate of drug-likeness (QED) is 0.324. The van der Waals surface area contributed by atoms with Crippen molar-refractivity contribution in [2.24, 2.45) is 5.11 Å². The summed E-state index contributed by atoms with van der Waals surface area (Å²) in [7, 11) is 0. The fourth-order valence-electron chi connectivity index (χ4n) is 1.49. The number of hydrogen-bond acceptors (Lipinski definition) is 1. The summed E-state index contributed by atoms with van der Waals surface area (Å²) in [6, 6.07) is 1.81. The molecule has 0 aliphatic heterocycles. The van der Waals surface area contributed by atoms with Crippen molar-refractivity contribution in [3.63, 3.8) is 0 Å². The molecule has 0 bridgehead atoms. The van der Waals surface area contributed by atoms with Crippen LogP contribution < -0.4 is 0 Å². The molecule has 0 N–H and O–H groups in total. The van der Waals surface area contributed by atoms with Gasteiger partial charge in [-0.2, -0.15) is 26.3 Å². The minimum atomic E-state index is -4.92. The Hall–Kier alpha value is -2.15. The molecule has 0 amide bonds. The molecule has 1 rings (SSSR count). The topological polar surface area (TPSA) is 48.8 Å². The molecule has 108 valence electrons. The number of benzene rings is 1. The highest BCUT2D eigenvalue weighted by Crippen LogP contribution is 2.39. The molecule has 0 aromatic heterocycles. The van der Waals surface area contributed by atoms with E-state index in [1.54, 1.807) is 0 Å². The zero-order valence-corrected chi connectivity index (χ0v) is 9.70. The average Bonchev–Trinajstić information content (AvgIpc) is 2.32. The molecule has 0 atom stereocenters. The van der Waals surface area contributed by atoms with Crippen molar-refractivity contribution < 1.29 is 26.3 Å². The molecule has 0 aliphatic carbocycles. The van der Waals surface area contributed by atoms with Gasteiger partial charge in [-0.3, -0.25) is 0 Å². The van der Waals surface area contributed by atoms with Crippen LogP contribution in [0.5, 0.6) is 0 Å². The monoisotopic (exact) mass is 295 g/mol. The van der Waals surface area contributed by atoms with E-state index in [9.17, 15) is 26.3 Å². The van der Waals surface area contributed by atoms with Crippen LogP contribution in [0, 0.1) is 0 Å². The molecule has 9 heteroatoms. The minimum absolute atomic E-state index is 0.347. The molecule has 0 unspecified atom stereocenters. The Balaban J connectivity index is 3.41. The van der Waals surface area contributed by atoms with E-state index in [4.69, 9.17) is 5.53 Å². The lowest BCUT2D eigenvalue weighted by atomic mass is 9.99. The van der Waals surface area contributed by atoms with Crippen molar-refractivity contribution >= 4 is 6.08 Å². The van der Waals surface area contributed by atoms with Crippen LogP contribution >= 0.6 is 0 Å². The van der Waals surface area contributed by atoms with Gasteiger partial charge in [0.15, 0.2) is 0 Å². The van der Waals surface area contributed by atoms with E-state index in [0.29, 0.717) is 24.3 Å². The van der Waals surface area contributed by atoms with Gasteiger partial charge < -0.3 is 0 Å². The molecule has 0 saturated heterocycles. The Kier molecular flexibility index (Phi) is 4.67. The van der Waals surface area contributed by atoms with E-state index < -0.39 is 29.0 Å². The van der Waals surface area contributed by atoms with E-state index in [0.717, 1.165) is 6.08 Å². The lowest BCUT2D eigenvalue weighted by molar-refractivity contribution is -0.143. The third kappa shape index (κ3) is 3.92. The van der Waals surface area contributed by atoms with Crippen molar-refractivity contribution in [3.05, 3.63) is 51.4 Å². The highest BCUT2D eigenvalue weighted by atomic mass is 19.4. The van der Waals surface area contributed by atoms with E-state index in [-0.39, 0.29) is 6.54 Å². The van der Waals surface area contributed by atoms with Gasteiger partial charge in [0.05, 0.1) is 11.1 Å². The molecule has 1 aromatic carbocycles. The second-order valence-electron chi connectivity index (χ2n) is 3.58. The normalized spacial score (nSPS) is 12.5. The summed E-state index contributed by atoms with van der Waals surface area (Å²) in [6.07, 6.45) is -8.25. The molecule has 0 heterocycles. The maximum Gasteiger partial charge on any atom is 0.417 e. The van der Waals surface area contributed by atoms with Gasteiger partial charge in [0.25, 0.3) is 0 Å². The summed E-state index contributed by atoms with van der Waals surface area (Å²) in [5.41, 5.74) is 4.20. The van der Waals surface area contributed by atoms with Crippen LogP contribution in [0.3, 0.4) is 0 Å². The molecule has 1 aromatic rings. The van der Waals surface area contributed by atoms with Crippen molar-refractivity contribution in [1.29, 1.82) is 0 Å². The fraction of sp³-hybridized carbons (Fsp3) is 0.273. The predicted molar refractivity (Wildman–Crippen MR) is 59.5 cm³/mol. The first-order chi connectivity index (χ1) is 9.18. The second kappa shape index (κ2) is 5.87. The Labute approximate surface area is 109 Å². The maximum atomic E-state index is 12.7. The number of alkyl halides is 6. The van der Waals surface area contributed by atoms with E-state index in [2.05, 4.69) is 10.0 Å². The second-order valence-corrected chi connectivity index (χ2v) is 3.58. The highest BCUT2D eigenvalue weighted by Gasteiger charge is 2.39. The Morgan fingerprint density at radius 1 is 1.05 bits per heavy atom. The first kappa shape index (κ1) is 15.9. The van der Waals surface area contributed by atoms with Gasteiger partial charge in [0, 0.05) is 11.5 Å². The van der Waals surface area contributed by atoms with Crippen molar-refractivity contribution in [2.75, 3.05) is 6.54 Å². The van der Waals surface area contributed by atoms with Crippen LogP contribution in [0.1, 0.15) is 16.7 Å². The van der Waals surface area contributed by atoms with Crippen molar-refractivity contribution in [3.8, 4) is 0 Å². The van der Waals surface area contributed by atoms with Crippen molar-refractivity contribution in [1.82, 2.24) is 0 Å². The van der Waals surface area contributed by atoms with Gasteiger partial charge in [-0.15, -0.1) is 0 Å². The van der Waals surface area contributed by atoms with Gasteiger partial charge in [-0.05, 0) is 23.2 Å². The third-order valence-electron chi connectivity index (χ3n) is 2.25. The van der Waals surface area contributed by atoms with Gasteiger partial charge in [0.1, 0.15) is 0 Å².